The number of nitro groups is 1. The molecule has 0 aliphatic carbocycles. The molecule has 1 saturated heterocycles. The number of halogens is 2. The summed E-state index contributed by atoms with van der Waals surface area (Å²) in [6.07, 6.45) is 1.77. The van der Waals surface area contributed by atoms with Gasteiger partial charge >= 0.3 is 0 Å². The number of ether oxygens (including phenoxy) is 1. The zero-order valence-corrected chi connectivity index (χ0v) is 11.8. The van der Waals surface area contributed by atoms with Gasteiger partial charge in [0.1, 0.15) is 5.02 Å². The fraction of sp³-hybridized carbons (Fsp3) is 0.500. The fourth-order valence-electron chi connectivity index (χ4n) is 2.22. The van der Waals surface area contributed by atoms with Gasteiger partial charge in [-0.3, -0.25) is 10.1 Å². The van der Waals surface area contributed by atoms with Crippen molar-refractivity contribution in [2.75, 3.05) is 13.2 Å². The van der Waals surface area contributed by atoms with Crippen LogP contribution < -0.4 is 5.73 Å². The number of nitrogens with zero attached hydrogens (tertiary/aromatic N) is 1. The highest BCUT2D eigenvalue weighted by Gasteiger charge is 2.24. The van der Waals surface area contributed by atoms with Gasteiger partial charge in [-0.2, -0.15) is 0 Å². The summed E-state index contributed by atoms with van der Waals surface area (Å²) in [5.41, 5.74) is 6.84. The number of nitrogens with two attached hydrogens (primary N) is 1. The molecule has 19 heavy (non-hydrogen) atoms. The molecule has 1 heterocycles. The number of hydrogen-bond acceptors (Lipinski definition) is 4. The largest absolute Gasteiger partial charge is 0.381 e. The molecule has 5 nitrogen and oxygen atoms in total. The van der Waals surface area contributed by atoms with Crippen molar-refractivity contribution in [3.05, 3.63) is 38.9 Å². The van der Waals surface area contributed by atoms with Crippen molar-refractivity contribution in [2.45, 2.75) is 18.9 Å². The van der Waals surface area contributed by atoms with E-state index in [-0.39, 0.29) is 29.2 Å². The molecular weight excluding hydrogens is 291 g/mol. The molecule has 106 valence electrons. The van der Waals surface area contributed by atoms with Crippen LogP contribution in [0.1, 0.15) is 24.4 Å². The average molecular weight is 307 g/mol. The summed E-state index contributed by atoms with van der Waals surface area (Å²) < 4.78 is 5.28. The van der Waals surface area contributed by atoms with Crippen LogP contribution in [0.3, 0.4) is 0 Å². The Morgan fingerprint density at radius 2 is 2.05 bits per heavy atom. The Balaban J connectivity index is 0.00000180. The maximum atomic E-state index is 10.8. The van der Waals surface area contributed by atoms with Crippen LogP contribution in [0.4, 0.5) is 5.69 Å². The van der Waals surface area contributed by atoms with Gasteiger partial charge in [0.2, 0.25) is 0 Å². The molecular formula is C12H16Cl2N2O3. The highest BCUT2D eigenvalue weighted by Crippen LogP contribution is 2.32. The molecule has 2 rings (SSSR count). The molecule has 0 unspecified atom stereocenters. The van der Waals surface area contributed by atoms with Crippen molar-refractivity contribution < 1.29 is 9.66 Å². The summed E-state index contributed by atoms with van der Waals surface area (Å²) in [5, 5.41) is 11.0. The van der Waals surface area contributed by atoms with Gasteiger partial charge in [0.05, 0.1) is 4.92 Å². The van der Waals surface area contributed by atoms with Crippen molar-refractivity contribution >= 4 is 29.7 Å². The van der Waals surface area contributed by atoms with E-state index >= 15 is 0 Å². The lowest BCUT2D eigenvalue weighted by molar-refractivity contribution is -0.384. The predicted molar refractivity (Wildman–Crippen MR) is 75.8 cm³/mol. The summed E-state index contributed by atoms with van der Waals surface area (Å²) >= 11 is 5.78. The van der Waals surface area contributed by atoms with E-state index in [1.807, 2.05) is 0 Å². The predicted octanol–water partition coefficient (Wildman–Crippen LogP) is 3.10. The second-order valence-electron chi connectivity index (χ2n) is 4.44. The molecule has 1 fully saturated rings. The van der Waals surface area contributed by atoms with E-state index in [1.54, 1.807) is 6.07 Å². The highest BCUT2D eigenvalue weighted by atomic mass is 35.5. The van der Waals surface area contributed by atoms with E-state index in [9.17, 15) is 10.1 Å². The lowest BCUT2D eigenvalue weighted by Gasteiger charge is -2.27. The third kappa shape index (κ3) is 3.79. The van der Waals surface area contributed by atoms with Crippen molar-refractivity contribution in [1.29, 1.82) is 0 Å². The molecule has 1 aromatic rings. The molecule has 0 spiro atoms. The first kappa shape index (κ1) is 16.2. The van der Waals surface area contributed by atoms with E-state index in [1.165, 1.54) is 12.1 Å². The van der Waals surface area contributed by atoms with Gasteiger partial charge in [0.25, 0.3) is 5.69 Å². The molecule has 0 aromatic heterocycles. The Morgan fingerprint density at radius 3 is 2.63 bits per heavy atom. The minimum atomic E-state index is -0.484. The van der Waals surface area contributed by atoms with E-state index < -0.39 is 4.92 Å². The van der Waals surface area contributed by atoms with E-state index in [0.717, 1.165) is 18.4 Å². The van der Waals surface area contributed by atoms with E-state index in [4.69, 9.17) is 22.1 Å². The summed E-state index contributed by atoms with van der Waals surface area (Å²) in [5.74, 6) is 0.305. The first-order valence-corrected chi connectivity index (χ1v) is 6.24. The lowest BCUT2D eigenvalue weighted by atomic mass is 9.88. The van der Waals surface area contributed by atoms with Crippen LogP contribution in [0, 0.1) is 16.0 Å². The number of rotatable bonds is 3. The van der Waals surface area contributed by atoms with Crippen molar-refractivity contribution in [3.63, 3.8) is 0 Å². The van der Waals surface area contributed by atoms with Gasteiger partial charge < -0.3 is 10.5 Å². The van der Waals surface area contributed by atoms with Gasteiger partial charge in [0.15, 0.2) is 0 Å². The molecule has 7 heteroatoms. The van der Waals surface area contributed by atoms with Crippen molar-refractivity contribution in [2.24, 2.45) is 11.7 Å². The first-order valence-electron chi connectivity index (χ1n) is 5.86. The summed E-state index contributed by atoms with van der Waals surface area (Å²) in [4.78, 5) is 10.3. The molecule has 1 atom stereocenters. The quantitative estimate of drug-likeness (QED) is 0.687. The average Bonchev–Trinajstić information content (AvgIpc) is 2.39. The minimum absolute atomic E-state index is 0. The van der Waals surface area contributed by atoms with E-state index in [2.05, 4.69) is 0 Å². The van der Waals surface area contributed by atoms with Crippen molar-refractivity contribution in [3.8, 4) is 0 Å². The number of hydrogen-bond donors (Lipinski definition) is 1. The third-order valence-electron chi connectivity index (χ3n) is 3.33. The van der Waals surface area contributed by atoms with Gasteiger partial charge in [-0.15, -0.1) is 12.4 Å². The Bertz CT molecular complexity index is 451. The highest BCUT2D eigenvalue weighted by molar-refractivity contribution is 6.32. The second-order valence-corrected chi connectivity index (χ2v) is 4.85. The van der Waals surface area contributed by atoms with Crippen LogP contribution in [0.2, 0.25) is 5.02 Å². The molecule has 2 N–H and O–H groups in total. The fourth-order valence-corrected chi connectivity index (χ4v) is 2.41. The van der Waals surface area contributed by atoms with Crippen LogP contribution in [-0.4, -0.2) is 18.1 Å². The molecule has 0 amide bonds. The zero-order chi connectivity index (χ0) is 13.1. The zero-order valence-electron chi connectivity index (χ0n) is 10.3. The molecule has 1 aromatic carbocycles. The minimum Gasteiger partial charge on any atom is -0.381 e. The van der Waals surface area contributed by atoms with Gasteiger partial charge in [0, 0.05) is 25.3 Å². The van der Waals surface area contributed by atoms with Gasteiger partial charge in [-0.1, -0.05) is 17.7 Å². The van der Waals surface area contributed by atoms with Crippen LogP contribution in [0.15, 0.2) is 18.2 Å². The molecule has 1 aliphatic rings. The first-order chi connectivity index (χ1) is 8.59. The summed E-state index contributed by atoms with van der Waals surface area (Å²) in [6.45, 7) is 1.40. The smallest absolute Gasteiger partial charge is 0.288 e. The molecule has 0 saturated carbocycles. The maximum absolute atomic E-state index is 10.8. The van der Waals surface area contributed by atoms with Gasteiger partial charge in [-0.25, -0.2) is 0 Å². The topological polar surface area (TPSA) is 78.4 Å². The van der Waals surface area contributed by atoms with Crippen LogP contribution in [-0.2, 0) is 4.74 Å². The SMILES string of the molecule is Cl.N[C@H](c1ccc(Cl)c([N+](=O)[O-])c1)C1CCOCC1. The number of benzene rings is 1. The molecule has 0 radical (unpaired) electrons. The molecule has 0 bridgehead atoms. The van der Waals surface area contributed by atoms with Crippen molar-refractivity contribution in [1.82, 2.24) is 0 Å². The summed E-state index contributed by atoms with van der Waals surface area (Å²) in [6, 6.07) is 4.57. The monoisotopic (exact) mass is 306 g/mol. The van der Waals surface area contributed by atoms with E-state index in [0.29, 0.717) is 19.1 Å². The third-order valence-corrected chi connectivity index (χ3v) is 3.65. The second kappa shape index (κ2) is 7.05. The Labute approximate surface area is 122 Å². The van der Waals surface area contributed by atoms with Gasteiger partial charge in [-0.05, 0) is 30.4 Å². The normalized spacial score (nSPS) is 17.6. The number of nitro benzene ring substituents is 1. The van der Waals surface area contributed by atoms with Crippen LogP contribution in [0.5, 0.6) is 0 Å². The maximum Gasteiger partial charge on any atom is 0.288 e. The summed E-state index contributed by atoms with van der Waals surface area (Å²) in [7, 11) is 0. The van der Waals surface area contributed by atoms with Crippen LogP contribution >= 0.6 is 24.0 Å². The molecule has 1 aliphatic heterocycles. The standard InChI is InChI=1S/C12H15ClN2O3.ClH/c13-10-2-1-9(7-11(10)15(16)17)12(14)8-3-5-18-6-4-8;/h1-2,7-8,12H,3-6,14H2;1H/t12-;/m0./s1. The Morgan fingerprint density at radius 1 is 1.42 bits per heavy atom. The lowest BCUT2D eigenvalue weighted by Crippen LogP contribution is -2.27. The Kier molecular flexibility index (Phi) is 6.00. The van der Waals surface area contributed by atoms with Crippen LogP contribution in [0.25, 0.3) is 0 Å². The Hall–Kier alpha value is -0.880.